The summed E-state index contributed by atoms with van der Waals surface area (Å²) in [5.74, 6) is 0.582. The molecule has 1 aliphatic heterocycles. The van der Waals surface area contributed by atoms with E-state index in [-0.39, 0.29) is 5.56 Å². The predicted molar refractivity (Wildman–Crippen MR) is 84.9 cm³/mol. The van der Waals surface area contributed by atoms with Gasteiger partial charge in [0.25, 0.3) is 5.56 Å². The van der Waals surface area contributed by atoms with Gasteiger partial charge in [-0.05, 0) is 24.4 Å². The van der Waals surface area contributed by atoms with Gasteiger partial charge in [0, 0.05) is 31.4 Å². The van der Waals surface area contributed by atoms with Crippen molar-refractivity contribution in [2.45, 2.75) is 18.9 Å². The number of H-pyrrole nitrogens is 1. The number of nitrogens with one attached hydrogen (secondary N) is 1. The number of hydrogen-bond donors (Lipinski definition) is 1. The second-order valence-electron chi connectivity index (χ2n) is 5.87. The van der Waals surface area contributed by atoms with Crippen molar-refractivity contribution in [2.24, 2.45) is 0 Å². The molecule has 1 atom stereocenters. The Morgan fingerprint density at radius 3 is 2.95 bits per heavy atom. The first-order valence-electron chi connectivity index (χ1n) is 7.63. The van der Waals surface area contributed by atoms with Gasteiger partial charge >= 0.3 is 0 Å². The van der Waals surface area contributed by atoms with Crippen LogP contribution in [0.5, 0.6) is 0 Å². The molecule has 3 heterocycles. The summed E-state index contributed by atoms with van der Waals surface area (Å²) >= 11 is 0. The first kappa shape index (κ1) is 13.3. The average Bonchev–Trinajstić information content (AvgIpc) is 3.17. The van der Waals surface area contributed by atoms with Crippen LogP contribution in [0.3, 0.4) is 0 Å². The Bertz CT molecular complexity index is 836. The van der Waals surface area contributed by atoms with Crippen LogP contribution in [0.15, 0.2) is 53.5 Å². The van der Waals surface area contributed by atoms with E-state index >= 15 is 0 Å². The zero-order valence-electron chi connectivity index (χ0n) is 12.3. The van der Waals surface area contributed by atoms with Crippen LogP contribution in [-0.2, 0) is 6.54 Å². The monoisotopic (exact) mass is 294 g/mol. The van der Waals surface area contributed by atoms with E-state index in [0.29, 0.717) is 11.6 Å². The molecule has 1 fully saturated rings. The van der Waals surface area contributed by atoms with Gasteiger partial charge in [-0.2, -0.15) is 0 Å². The molecule has 0 bridgehead atoms. The van der Waals surface area contributed by atoms with E-state index in [1.165, 1.54) is 10.1 Å². The molecule has 22 heavy (non-hydrogen) atoms. The van der Waals surface area contributed by atoms with Crippen LogP contribution >= 0.6 is 0 Å². The number of aromatic nitrogens is 3. The Morgan fingerprint density at radius 2 is 2.09 bits per heavy atom. The molecule has 2 aromatic heterocycles. The van der Waals surface area contributed by atoms with Crippen molar-refractivity contribution < 1.29 is 0 Å². The van der Waals surface area contributed by atoms with Crippen molar-refractivity contribution in [3.63, 3.8) is 0 Å². The van der Waals surface area contributed by atoms with Gasteiger partial charge in [0.15, 0.2) is 5.65 Å². The number of hydrogen-bond acceptors (Lipinski definition) is 3. The second-order valence-corrected chi connectivity index (χ2v) is 5.87. The minimum Gasteiger partial charge on any atom is -0.297 e. The highest BCUT2D eigenvalue weighted by molar-refractivity contribution is 5.36. The molecule has 0 spiro atoms. The molecule has 5 nitrogen and oxygen atoms in total. The lowest BCUT2D eigenvalue weighted by Crippen LogP contribution is -2.23. The fourth-order valence-electron chi connectivity index (χ4n) is 3.26. The molecule has 0 aliphatic carbocycles. The molecule has 1 N–H and O–H groups in total. The largest absolute Gasteiger partial charge is 0.297 e. The van der Waals surface area contributed by atoms with Crippen molar-refractivity contribution in [3.8, 4) is 0 Å². The van der Waals surface area contributed by atoms with Crippen molar-refractivity contribution in [3.05, 3.63) is 70.3 Å². The Morgan fingerprint density at radius 1 is 1.23 bits per heavy atom. The van der Waals surface area contributed by atoms with Crippen LogP contribution in [0.2, 0.25) is 0 Å². The summed E-state index contributed by atoms with van der Waals surface area (Å²) in [6.07, 6.45) is 2.89. The fourth-order valence-corrected chi connectivity index (χ4v) is 3.26. The topological polar surface area (TPSA) is 53.4 Å². The molecule has 3 aromatic rings. The van der Waals surface area contributed by atoms with E-state index in [0.717, 1.165) is 31.7 Å². The number of aromatic amines is 1. The van der Waals surface area contributed by atoms with E-state index in [9.17, 15) is 4.79 Å². The van der Waals surface area contributed by atoms with Gasteiger partial charge in [-0.1, -0.05) is 30.3 Å². The van der Waals surface area contributed by atoms with Crippen molar-refractivity contribution in [1.29, 1.82) is 0 Å². The van der Waals surface area contributed by atoms with Gasteiger partial charge in [-0.3, -0.25) is 14.8 Å². The first-order valence-corrected chi connectivity index (χ1v) is 7.63. The fraction of sp³-hybridized carbons (Fsp3) is 0.294. The predicted octanol–water partition coefficient (Wildman–Crippen LogP) is 2.01. The summed E-state index contributed by atoms with van der Waals surface area (Å²) in [5, 5.41) is 2.87. The van der Waals surface area contributed by atoms with E-state index in [1.54, 1.807) is 12.3 Å². The van der Waals surface area contributed by atoms with Crippen LogP contribution in [0, 0.1) is 0 Å². The lowest BCUT2D eigenvalue weighted by atomic mass is 9.99. The summed E-state index contributed by atoms with van der Waals surface area (Å²) in [4.78, 5) is 18.9. The maximum Gasteiger partial charge on any atom is 0.272 e. The summed E-state index contributed by atoms with van der Waals surface area (Å²) < 4.78 is 1.46. The van der Waals surface area contributed by atoms with Gasteiger partial charge in [0.2, 0.25) is 0 Å². The second kappa shape index (κ2) is 5.42. The van der Waals surface area contributed by atoms with Crippen LogP contribution in [-0.4, -0.2) is 32.6 Å². The molecular formula is C17H18N4O. The van der Waals surface area contributed by atoms with Crippen LogP contribution in [0.4, 0.5) is 0 Å². The molecule has 1 aromatic carbocycles. The lowest BCUT2D eigenvalue weighted by Gasteiger charge is -2.15. The van der Waals surface area contributed by atoms with Gasteiger partial charge in [-0.25, -0.2) is 9.50 Å². The molecule has 112 valence electrons. The van der Waals surface area contributed by atoms with Crippen LogP contribution in [0.1, 0.15) is 23.6 Å². The minimum absolute atomic E-state index is 0.0520. The van der Waals surface area contributed by atoms with E-state index in [1.807, 2.05) is 6.07 Å². The number of fused-ring (bicyclic) bond motifs is 1. The Hall–Kier alpha value is -2.40. The van der Waals surface area contributed by atoms with Gasteiger partial charge < -0.3 is 0 Å². The smallest absolute Gasteiger partial charge is 0.272 e. The highest BCUT2D eigenvalue weighted by Crippen LogP contribution is 2.27. The Kier molecular flexibility index (Phi) is 3.27. The first-order chi connectivity index (χ1) is 10.8. The zero-order chi connectivity index (χ0) is 14.9. The maximum atomic E-state index is 12.0. The van der Waals surface area contributed by atoms with Gasteiger partial charge in [-0.15, -0.1) is 0 Å². The summed E-state index contributed by atoms with van der Waals surface area (Å²) in [6, 6.07) is 14.1. The van der Waals surface area contributed by atoms with E-state index in [2.05, 4.69) is 45.3 Å². The Labute approximate surface area is 128 Å². The number of rotatable bonds is 3. The molecule has 1 unspecified atom stereocenters. The van der Waals surface area contributed by atoms with Crippen molar-refractivity contribution >= 4 is 5.65 Å². The SMILES string of the molecule is O=c1cc(CN2CCC(c3ccccc3)C2)nc2cc[nH]n12. The molecule has 0 saturated carbocycles. The zero-order valence-corrected chi connectivity index (χ0v) is 12.3. The molecule has 5 heteroatoms. The van der Waals surface area contributed by atoms with Gasteiger partial charge in [0.1, 0.15) is 0 Å². The third-order valence-corrected chi connectivity index (χ3v) is 4.36. The van der Waals surface area contributed by atoms with E-state index < -0.39 is 0 Å². The summed E-state index contributed by atoms with van der Waals surface area (Å²) in [5.41, 5.74) is 2.88. The summed E-state index contributed by atoms with van der Waals surface area (Å²) in [7, 11) is 0. The lowest BCUT2D eigenvalue weighted by molar-refractivity contribution is 0.322. The normalized spacial score (nSPS) is 19.0. The number of likely N-dealkylation sites (tertiary alicyclic amines) is 1. The summed E-state index contributed by atoms with van der Waals surface area (Å²) in [6.45, 7) is 2.81. The highest BCUT2D eigenvalue weighted by Gasteiger charge is 2.24. The number of benzene rings is 1. The third-order valence-electron chi connectivity index (χ3n) is 4.36. The molecule has 1 saturated heterocycles. The average molecular weight is 294 g/mol. The van der Waals surface area contributed by atoms with Crippen LogP contribution < -0.4 is 5.56 Å². The molecule has 0 radical (unpaired) electrons. The third kappa shape index (κ3) is 2.44. The quantitative estimate of drug-likeness (QED) is 0.804. The molecule has 1 aliphatic rings. The van der Waals surface area contributed by atoms with Crippen molar-refractivity contribution in [1.82, 2.24) is 19.5 Å². The van der Waals surface area contributed by atoms with Crippen LogP contribution in [0.25, 0.3) is 5.65 Å². The van der Waals surface area contributed by atoms with Crippen molar-refractivity contribution in [2.75, 3.05) is 13.1 Å². The highest BCUT2D eigenvalue weighted by atomic mass is 16.1. The number of nitrogens with zero attached hydrogens (tertiary/aromatic N) is 3. The molecule has 0 amide bonds. The van der Waals surface area contributed by atoms with E-state index in [4.69, 9.17) is 0 Å². The molecule has 4 rings (SSSR count). The Balaban J connectivity index is 1.50. The minimum atomic E-state index is -0.0520. The molecular weight excluding hydrogens is 276 g/mol. The standard InChI is InChI=1S/C17H18N4O/c22-17-10-15(19-16-6-8-18-21(16)17)12-20-9-7-14(11-20)13-4-2-1-3-5-13/h1-6,8,10,14,18H,7,9,11-12H2. The maximum absolute atomic E-state index is 12.0. The van der Waals surface area contributed by atoms with Gasteiger partial charge in [0.05, 0.1) is 5.69 Å².